The molecule has 0 spiro atoms. The maximum atomic E-state index is 5.91. The first-order valence-corrected chi connectivity index (χ1v) is 4.83. The van der Waals surface area contributed by atoms with Crippen LogP contribution in [0.2, 0.25) is 0 Å². The lowest BCUT2D eigenvalue weighted by atomic mass is 9.82. The molecule has 0 fully saturated rings. The number of anilines is 1. The average Bonchev–Trinajstić information content (AvgIpc) is 2.07. The molecular formula is C11H19N3. The third-order valence-electron chi connectivity index (χ3n) is 2.35. The summed E-state index contributed by atoms with van der Waals surface area (Å²) in [6.07, 6.45) is 3.55. The van der Waals surface area contributed by atoms with Gasteiger partial charge in [-0.1, -0.05) is 20.8 Å². The van der Waals surface area contributed by atoms with Crippen molar-refractivity contribution in [1.29, 1.82) is 0 Å². The molecule has 0 radical (unpaired) electrons. The van der Waals surface area contributed by atoms with Gasteiger partial charge in [0.05, 0.1) is 0 Å². The Morgan fingerprint density at radius 2 is 2.07 bits per heavy atom. The van der Waals surface area contributed by atoms with Gasteiger partial charge in [0, 0.05) is 29.7 Å². The Balaban J connectivity index is 3.08. The molecule has 1 unspecified atom stereocenters. The predicted molar refractivity (Wildman–Crippen MR) is 59.9 cm³/mol. The monoisotopic (exact) mass is 193 g/mol. The predicted octanol–water partition coefficient (Wildman–Crippen LogP) is 1.97. The first kappa shape index (κ1) is 11.0. The summed E-state index contributed by atoms with van der Waals surface area (Å²) in [7, 11) is 1.95. The van der Waals surface area contributed by atoms with E-state index in [2.05, 4.69) is 31.1 Å². The van der Waals surface area contributed by atoms with E-state index in [0.29, 0.717) is 0 Å². The van der Waals surface area contributed by atoms with Gasteiger partial charge in [0.25, 0.3) is 0 Å². The lowest BCUT2D eigenvalue weighted by Gasteiger charge is -2.31. The van der Waals surface area contributed by atoms with E-state index in [0.717, 1.165) is 11.3 Å². The molecule has 0 aliphatic carbocycles. The Bertz CT molecular complexity index is 302. The van der Waals surface area contributed by atoms with Gasteiger partial charge in [-0.05, 0) is 18.5 Å². The van der Waals surface area contributed by atoms with Crippen molar-refractivity contribution < 1.29 is 0 Å². The SMILES string of the molecule is CNC(c1cnccc1N)C(C)(C)C. The van der Waals surface area contributed by atoms with Gasteiger partial charge in [0.2, 0.25) is 0 Å². The summed E-state index contributed by atoms with van der Waals surface area (Å²) >= 11 is 0. The minimum absolute atomic E-state index is 0.131. The highest BCUT2D eigenvalue weighted by atomic mass is 14.9. The molecule has 78 valence electrons. The van der Waals surface area contributed by atoms with Gasteiger partial charge in [-0.2, -0.15) is 0 Å². The Hall–Kier alpha value is -1.09. The Labute approximate surface area is 85.7 Å². The number of pyridine rings is 1. The van der Waals surface area contributed by atoms with Gasteiger partial charge in [-0.25, -0.2) is 0 Å². The van der Waals surface area contributed by atoms with Crippen LogP contribution in [0.4, 0.5) is 5.69 Å². The van der Waals surface area contributed by atoms with Crippen LogP contribution in [-0.4, -0.2) is 12.0 Å². The van der Waals surface area contributed by atoms with E-state index in [1.165, 1.54) is 0 Å². The molecule has 0 aromatic carbocycles. The quantitative estimate of drug-likeness (QED) is 0.755. The summed E-state index contributed by atoms with van der Waals surface area (Å²) in [5, 5.41) is 3.28. The van der Waals surface area contributed by atoms with Gasteiger partial charge in [0.15, 0.2) is 0 Å². The van der Waals surface area contributed by atoms with Crippen molar-refractivity contribution in [2.75, 3.05) is 12.8 Å². The second kappa shape index (κ2) is 3.96. The standard InChI is InChI=1S/C11H19N3/c1-11(2,3)10(13-4)8-7-14-6-5-9(8)12/h5-7,10,13H,1-4H3,(H2,12,14). The molecule has 0 bridgehead atoms. The number of nitrogens with two attached hydrogens (primary N) is 1. The smallest absolute Gasteiger partial charge is 0.0402 e. The first-order valence-electron chi connectivity index (χ1n) is 4.83. The summed E-state index contributed by atoms with van der Waals surface area (Å²) in [4.78, 5) is 4.11. The van der Waals surface area contributed by atoms with Gasteiger partial charge in [-0.3, -0.25) is 4.98 Å². The van der Waals surface area contributed by atoms with Gasteiger partial charge < -0.3 is 11.1 Å². The van der Waals surface area contributed by atoms with Crippen molar-refractivity contribution in [3.05, 3.63) is 24.0 Å². The number of nitrogens with zero attached hydrogens (tertiary/aromatic N) is 1. The van der Waals surface area contributed by atoms with Crippen LogP contribution in [0.5, 0.6) is 0 Å². The minimum Gasteiger partial charge on any atom is -0.398 e. The highest BCUT2D eigenvalue weighted by Gasteiger charge is 2.26. The maximum absolute atomic E-state index is 5.91. The number of hydrogen-bond donors (Lipinski definition) is 2. The molecule has 0 aliphatic rings. The zero-order chi connectivity index (χ0) is 10.8. The summed E-state index contributed by atoms with van der Waals surface area (Å²) < 4.78 is 0. The van der Waals surface area contributed by atoms with Crippen LogP contribution in [0.15, 0.2) is 18.5 Å². The number of nitrogens with one attached hydrogen (secondary N) is 1. The fourth-order valence-corrected chi connectivity index (χ4v) is 1.71. The van der Waals surface area contributed by atoms with Crippen molar-refractivity contribution in [1.82, 2.24) is 10.3 Å². The lowest BCUT2D eigenvalue weighted by molar-refractivity contribution is 0.287. The largest absolute Gasteiger partial charge is 0.398 e. The minimum atomic E-state index is 0.131. The van der Waals surface area contributed by atoms with Crippen molar-refractivity contribution in [2.45, 2.75) is 26.8 Å². The molecule has 0 amide bonds. The van der Waals surface area contributed by atoms with Crippen LogP contribution < -0.4 is 11.1 Å². The fraction of sp³-hybridized carbons (Fsp3) is 0.545. The molecule has 0 saturated heterocycles. The number of nitrogen functional groups attached to an aromatic ring is 1. The van der Waals surface area contributed by atoms with Gasteiger partial charge in [0.1, 0.15) is 0 Å². The molecule has 0 aliphatic heterocycles. The average molecular weight is 193 g/mol. The second-order valence-electron chi connectivity index (χ2n) is 4.59. The van der Waals surface area contributed by atoms with E-state index in [-0.39, 0.29) is 11.5 Å². The number of hydrogen-bond acceptors (Lipinski definition) is 3. The molecule has 1 rings (SSSR count). The molecule has 3 nitrogen and oxygen atoms in total. The van der Waals surface area contributed by atoms with Crippen molar-refractivity contribution in [3.8, 4) is 0 Å². The molecule has 14 heavy (non-hydrogen) atoms. The Morgan fingerprint density at radius 3 is 2.50 bits per heavy atom. The summed E-state index contributed by atoms with van der Waals surface area (Å²) in [6.45, 7) is 6.54. The molecular weight excluding hydrogens is 174 g/mol. The van der Waals surface area contributed by atoms with E-state index < -0.39 is 0 Å². The summed E-state index contributed by atoms with van der Waals surface area (Å²) in [5.74, 6) is 0. The first-order chi connectivity index (χ1) is 6.46. The lowest BCUT2D eigenvalue weighted by Crippen LogP contribution is -2.30. The maximum Gasteiger partial charge on any atom is 0.0402 e. The molecule has 1 aromatic rings. The van der Waals surface area contributed by atoms with Crippen LogP contribution in [0.25, 0.3) is 0 Å². The van der Waals surface area contributed by atoms with E-state index in [4.69, 9.17) is 5.73 Å². The molecule has 1 aromatic heterocycles. The highest BCUT2D eigenvalue weighted by Crippen LogP contribution is 2.34. The molecule has 1 atom stereocenters. The van der Waals surface area contributed by atoms with Crippen LogP contribution in [0.3, 0.4) is 0 Å². The number of rotatable bonds is 2. The Morgan fingerprint density at radius 1 is 1.43 bits per heavy atom. The molecule has 3 heteroatoms. The highest BCUT2D eigenvalue weighted by molar-refractivity contribution is 5.46. The van der Waals surface area contributed by atoms with Crippen LogP contribution >= 0.6 is 0 Å². The third-order valence-corrected chi connectivity index (χ3v) is 2.35. The van der Waals surface area contributed by atoms with Crippen molar-refractivity contribution in [3.63, 3.8) is 0 Å². The zero-order valence-electron chi connectivity index (χ0n) is 9.33. The molecule has 3 N–H and O–H groups in total. The van der Waals surface area contributed by atoms with Crippen LogP contribution in [-0.2, 0) is 0 Å². The van der Waals surface area contributed by atoms with Crippen LogP contribution in [0.1, 0.15) is 32.4 Å². The fourth-order valence-electron chi connectivity index (χ4n) is 1.71. The third kappa shape index (κ3) is 2.23. The van der Waals surface area contributed by atoms with Crippen LogP contribution in [0, 0.1) is 5.41 Å². The van der Waals surface area contributed by atoms with Gasteiger partial charge in [-0.15, -0.1) is 0 Å². The van der Waals surface area contributed by atoms with Crippen molar-refractivity contribution >= 4 is 5.69 Å². The van der Waals surface area contributed by atoms with Gasteiger partial charge >= 0.3 is 0 Å². The summed E-state index contributed by atoms with van der Waals surface area (Å²) in [5.41, 5.74) is 7.92. The van der Waals surface area contributed by atoms with E-state index in [9.17, 15) is 0 Å². The summed E-state index contributed by atoms with van der Waals surface area (Å²) in [6, 6.07) is 2.07. The molecule has 0 saturated carbocycles. The number of aromatic nitrogens is 1. The van der Waals surface area contributed by atoms with Crippen molar-refractivity contribution in [2.24, 2.45) is 5.41 Å². The zero-order valence-corrected chi connectivity index (χ0v) is 9.33. The van der Waals surface area contributed by atoms with E-state index in [1.54, 1.807) is 6.20 Å². The molecule has 1 heterocycles. The van der Waals surface area contributed by atoms with E-state index in [1.807, 2.05) is 19.3 Å². The van der Waals surface area contributed by atoms with E-state index >= 15 is 0 Å². The topological polar surface area (TPSA) is 50.9 Å². The normalized spacial score (nSPS) is 14.0. The Kier molecular flexibility index (Phi) is 3.11. The second-order valence-corrected chi connectivity index (χ2v) is 4.59.